The van der Waals surface area contributed by atoms with Crippen molar-refractivity contribution < 1.29 is 28.7 Å². The van der Waals surface area contributed by atoms with E-state index in [0.29, 0.717) is 41.7 Å². The van der Waals surface area contributed by atoms with Crippen LogP contribution in [-0.4, -0.2) is 41.3 Å². The van der Waals surface area contributed by atoms with Gasteiger partial charge in [-0.2, -0.15) is 4.98 Å². The Morgan fingerprint density at radius 3 is 2.47 bits per heavy atom. The zero-order valence-electron chi connectivity index (χ0n) is 16.5. The minimum absolute atomic E-state index is 0.162. The number of ether oxygens (including phenoxy) is 2. The molecule has 0 radical (unpaired) electrons. The van der Waals surface area contributed by atoms with E-state index < -0.39 is 5.97 Å². The van der Waals surface area contributed by atoms with E-state index in [4.69, 9.17) is 19.1 Å². The molecule has 0 aliphatic heterocycles. The van der Waals surface area contributed by atoms with Crippen molar-refractivity contribution in [2.75, 3.05) is 19.5 Å². The number of nitrogens with one attached hydrogen (secondary N) is 1. The minimum Gasteiger partial charge on any atom is -0.493 e. The lowest BCUT2D eigenvalue weighted by Crippen LogP contribution is -2.11. The molecule has 156 valence electrons. The number of hydrogen-bond acceptors (Lipinski definition) is 7. The summed E-state index contributed by atoms with van der Waals surface area (Å²) >= 11 is 0. The van der Waals surface area contributed by atoms with Crippen LogP contribution in [-0.2, 0) is 11.2 Å². The number of carbonyl (C=O) groups is 2. The quantitative estimate of drug-likeness (QED) is 0.549. The summed E-state index contributed by atoms with van der Waals surface area (Å²) in [5.74, 6) is 0.827. The summed E-state index contributed by atoms with van der Waals surface area (Å²) in [5.41, 5.74) is 1.43. The van der Waals surface area contributed by atoms with Crippen LogP contribution in [0.1, 0.15) is 29.1 Å². The van der Waals surface area contributed by atoms with Crippen molar-refractivity contribution in [2.45, 2.75) is 19.3 Å². The average Bonchev–Trinajstić information content (AvgIpc) is 3.22. The molecule has 0 atom stereocenters. The fourth-order valence-electron chi connectivity index (χ4n) is 2.77. The van der Waals surface area contributed by atoms with Gasteiger partial charge in [0.2, 0.25) is 17.6 Å². The summed E-state index contributed by atoms with van der Waals surface area (Å²) in [7, 11) is 3.11. The highest BCUT2D eigenvalue weighted by molar-refractivity contribution is 5.92. The van der Waals surface area contributed by atoms with Gasteiger partial charge in [0.25, 0.3) is 0 Å². The molecular formula is C21H21N3O6. The van der Waals surface area contributed by atoms with Crippen LogP contribution >= 0.6 is 0 Å². The van der Waals surface area contributed by atoms with E-state index in [1.54, 1.807) is 44.6 Å². The molecule has 0 spiro atoms. The maximum absolute atomic E-state index is 12.1. The number of carboxylic acid groups (broad SMARTS) is 1. The highest BCUT2D eigenvalue weighted by Gasteiger charge is 2.13. The molecule has 2 N–H and O–H groups in total. The average molecular weight is 411 g/mol. The van der Waals surface area contributed by atoms with Crippen molar-refractivity contribution in [2.24, 2.45) is 0 Å². The topological polar surface area (TPSA) is 124 Å². The maximum Gasteiger partial charge on any atom is 0.335 e. The molecule has 9 nitrogen and oxygen atoms in total. The Bertz CT molecular complexity index is 1030. The van der Waals surface area contributed by atoms with E-state index in [1.807, 2.05) is 0 Å². The third kappa shape index (κ3) is 5.13. The van der Waals surface area contributed by atoms with E-state index >= 15 is 0 Å². The predicted octanol–water partition coefficient (Wildman–Crippen LogP) is 3.41. The molecule has 3 rings (SSSR count). The Kier molecular flexibility index (Phi) is 6.63. The number of hydrogen-bond donors (Lipinski definition) is 2. The first-order valence-corrected chi connectivity index (χ1v) is 9.18. The summed E-state index contributed by atoms with van der Waals surface area (Å²) in [5, 5.41) is 15.6. The van der Waals surface area contributed by atoms with Gasteiger partial charge in [-0.1, -0.05) is 5.16 Å². The summed E-state index contributed by atoms with van der Waals surface area (Å²) < 4.78 is 15.8. The van der Waals surface area contributed by atoms with Crippen LogP contribution in [0.4, 0.5) is 5.69 Å². The standard InChI is InChI=1S/C21H21N3O6/c1-28-16-11-8-14(12-17(16)29-2)20-23-19(30-24-20)5-3-4-18(25)22-15-9-6-13(7-10-15)21(26)27/h6-12H,3-5H2,1-2H3,(H,22,25)(H,26,27). The molecule has 0 unspecified atom stereocenters. The molecular weight excluding hydrogens is 390 g/mol. The molecule has 0 aliphatic carbocycles. The molecule has 30 heavy (non-hydrogen) atoms. The highest BCUT2D eigenvalue weighted by Crippen LogP contribution is 2.31. The van der Waals surface area contributed by atoms with Crippen LogP contribution in [0.3, 0.4) is 0 Å². The second-order valence-electron chi connectivity index (χ2n) is 6.37. The monoisotopic (exact) mass is 411 g/mol. The van der Waals surface area contributed by atoms with Gasteiger partial charge in [-0.25, -0.2) is 4.79 Å². The van der Waals surface area contributed by atoms with Crippen LogP contribution in [0.5, 0.6) is 11.5 Å². The third-order valence-corrected chi connectivity index (χ3v) is 4.32. The van der Waals surface area contributed by atoms with Crippen LogP contribution in [0.2, 0.25) is 0 Å². The largest absolute Gasteiger partial charge is 0.493 e. The van der Waals surface area contributed by atoms with Crippen molar-refractivity contribution in [1.29, 1.82) is 0 Å². The fourth-order valence-corrected chi connectivity index (χ4v) is 2.77. The van der Waals surface area contributed by atoms with Gasteiger partial charge in [0.05, 0.1) is 19.8 Å². The van der Waals surface area contributed by atoms with Gasteiger partial charge in [-0.05, 0) is 48.9 Å². The number of methoxy groups -OCH3 is 2. The number of carbonyl (C=O) groups excluding carboxylic acids is 1. The Morgan fingerprint density at radius 2 is 1.80 bits per heavy atom. The maximum atomic E-state index is 12.1. The lowest BCUT2D eigenvalue weighted by Gasteiger charge is -2.07. The molecule has 0 saturated heterocycles. The SMILES string of the molecule is COc1ccc(-c2noc(CCCC(=O)Nc3ccc(C(=O)O)cc3)n2)cc1OC. The molecule has 3 aromatic rings. The van der Waals surface area contributed by atoms with Gasteiger partial charge >= 0.3 is 5.97 Å². The number of aromatic carboxylic acids is 1. The van der Waals surface area contributed by atoms with Gasteiger partial charge in [0.15, 0.2) is 11.5 Å². The van der Waals surface area contributed by atoms with Crippen molar-refractivity contribution in [3.05, 3.63) is 53.9 Å². The van der Waals surface area contributed by atoms with Gasteiger partial charge in [-0.3, -0.25) is 4.79 Å². The minimum atomic E-state index is -1.01. The summed E-state index contributed by atoms with van der Waals surface area (Å²) in [6, 6.07) is 11.3. The molecule has 1 heterocycles. The first-order chi connectivity index (χ1) is 14.5. The lowest BCUT2D eigenvalue weighted by molar-refractivity contribution is -0.116. The van der Waals surface area contributed by atoms with E-state index in [-0.39, 0.29) is 17.9 Å². The van der Waals surface area contributed by atoms with E-state index in [0.717, 1.165) is 5.56 Å². The number of aryl methyl sites for hydroxylation is 1. The van der Waals surface area contributed by atoms with Crippen LogP contribution in [0.25, 0.3) is 11.4 Å². The third-order valence-electron chi connectivity index (χ3n) is 4.32. The summed E-state index contributed by atoms with van der Waals surface area (Å²) in [6.07, 6.45) is 1.23. The van der Waals surface area contributed by atoms with Crippen molar-refractivity contribution >= 4 is 17.6 Å². The Labute approximate surface area is 172 Å². The number of aromatic nitrogens is 2. The van der Waals surface area contributed by atoms with Gasteiger partial charge in [0.1, 0.15) is 0 Å². The highest BCUT2D eigenvalue weighted by atomic mass is 16.5. The number of anilines is 1. The smallest absolute Gasteiger partial charge is 0.335 e. The second kappa shape index (κ2) is 9.55. The molecule has 1 aromatic heterocycles. The van der Waals surface area contributed by atoms with Crippen LogP contribution in [0, 0.1) is 0 Å². The normalized spacial score (nSPS) is 10.5. The van der Waals surface area contributed by atoms with Gasteiger partial charge in [-0.15, -0.1) is 0 Å². The van der Waals surface area contributed by atoms with Gasteiger partial charge < -0.3 is 24.4 Å². The van der Waals surface area contributed by atoms with Crippen molar-refractivity contribution in [1.82, 2.24) is 10.1 Å². The molecule has 9 heteroatoms. The fraction of sp³-hybridized carbons (Fsp3) is 0.238. The Hall–Kier alpha value is -3.88. The molecule has 0 saturated carbocycles. The Balaban J connectivity index is 1.52. The number of amides is 1. The van der Waals surface area contributed by atoms with E-state index in [2.05, 4.69) is 15.5 Å². The number of benzene rings is 2. The first-order valence-electron chi connectivity index (χ1n) is 9.18. The van der Waals surface area contributed by atoms with E-state index in [1.165, 1.54) is 12.1 Å². The van der Waals surface area contributed by atoms with Crippen molar-refractivity contribution in [3.8, 4) is 22.9 Å². The summed E-state index contributed by atoms with van der Waals surface area (Å²) in [4.78, 5) is 27.3. The molecule has 0 fully saturated rings. The van der Waals surface area contributed by atoms with Gasteiger partial charge in [0, 0.05) is 24.1 Å². The number of rotatable bonds is 9. The predicted molar refractivity (Wildman–Crippen MR) is 108 cm³/mol. The number of carboxylic acids is 1. The first kappa shape index (κ1) is 20.8. The zero-order valence-corrected chi connectivity index (χ0v) is 16.5. The number of nitrogens with zero attached hydrogens (tertiary/aromatic N) is 2. The second-order valence-corrected chi connectivity index (χ2v) is 6.37. The lowest BCUT2D eigenvalue weighted by atomic mass is 10.2. The molecule has 0 aliphatic rings. The zero-order chi connectivity index (χ0) is 21.5. The molecule has 1 amide bonds. The van der Waals surface area contributed by atoms with Crippen LogP contribution in [0.15, 0.2) is 47.0 Å². The molecule has 0 bridgehead atoms. The molecule has 2 aromatic carbocycles. The Morgan fingerprint density at radius 1 is 1.07 bits per heavy atom. The van der Waals surface area contributed by atoms with Crippen molar-refractivity contribution in [3.63, 3.8) is 0 Å². The van der Waals surface area contributed by atoms with Crippen LogP contribution < -0.4 is 14.8 Å². The summed E-state index contributed by atoms with van der Waals surface area (Å²) in [6.45, 7) is 0. The van der Waals surface area contributed by atoms with E-state index in [9.17, 15) is 9.59 Å².